The Bertz CT molecular complexity index is 585. The van der Waals surface area contributed by atoms with Crippen molar-refractivity contribution in [2.75, 3.05) is 13.2 Å². The first-order valence-electron chi connectivity index (χ1n) is 6.93. The Morgan fingerprint density at radius 2 is 2.10 bits per heavy atom. The van der Waals surface area contributed by atoms with Crippen LogP contribution in [0.4, 0.5) is 4.39 Å². The van der Waals surface area contributed by atoms with Gasteiger partial charge < -0.3 is 9.84 Å². The van der Waals surface area contributed by atoms with E-state index in [1.165, 1.54) is 6.07 Å². The Hall–Kier alpha value is -1.02. The Balaban J connectivity index is 2.17. The van der Waals surface area contributed by atoms with E-state index in [1.54, 1.807) is 6.92 Å². The second-order valence-corrected chi connectivity index (χ2v) is 6.97. The molecule has 2 N–H and O–H groups in total. The number of hydrogen-bond donors (Lipinski definition) is 2. The van der Waals surface area contributed by atoms with Gasteiger partial charge in [0.25, 0.3) is 0 Å². The van der Waals surface area contributed by atoms with Crippen LogP contribution in [0.3, 0.4) is 0 Å². The van der Waals surface area contributed by atoms with Crippen molar-refractivity contribution in [1.82, 2.24) is 4.72 Å². The van der Waals surface area contributed by atoms with Crippen molar-refractivity contribution in [2.24, 2.45) is 5.92 Å². The topological polar surface area (TPSA) is 75.6 Å². The maximum Gasteiger partial charge on any atom is 0.243 e. The third kappa shape index (κ3) is 4.00. The molecule has 1 aliphatic heterocycles. The lowest BCUT2D eigenvalue weighted by atomic mass is 9.94. The molecule has 0 amide bonds. The average molecular weight is 317 g/mol. The third-order valence-electron chi connectivity index (χ3n) is 3.78. The van der Waals surface area contributed by atoms with Crippen molar-refractivity contribution in [3.8, 4) is 0 Å². The van der Waals surface area contributed by atoms with E-state index in [0.717, 1.165) is 25.0 Å². The zero-order chi connectivity index (χ0) is 15.5. The van der Waals surface area contributed by atoms with Crippen molar-refractivity contribution < 1.29 is 22.7 Å². The zero-order valence-electron chi connectivity index (χ0n) is 11.9. The van der Waals surface area contributed by atoms with Gasteiger partial charge in [0, 0.05) is 19.3 Å². The van der Waals surface area contributed by atoms with Crippen LogP contribution in [0.5, 0.6) is 0 Å². The van der Waals surface area contributed by atoms with Gasteiger partial charge in [0.2, 0.25) is 10.0 Å². The Morgan fingerprint density at radius 1 is 1.43 bits per heavy atom. The number of nitrogens with one attached hydrogen (secondary N) is 1. The fourth-order valence-electron chi connectivity index (χ4n) is 2.47. The van der Waals surface area contributed by atoms with Crippen LogP contribution in [0, 0.1) is 11.7 Å². The van der Waals surface area contributed by atoms with Crippen molar-refractivity contribution >= 4 is 10.0 Å². The third-order valence-corrected chi connectivity index (χ3v) is 5.36. The van der Waals surface area contributed by atoms with Crippen LogP contribution in [-0.2, 0) is 21.4 Å². The van der Waals surface area contributed by atoms with E-state index in [0.29, 0.717) is 18.8 Å². The Labute approximate surface area is 124 Å². The molecule has 1 atom stereocenters. The summed E-state index contributed by atoms with van der Waals surface area (Å²) in [5, 5.41) is 9.05. The predicted molar refractivity (Wildman–Crippen MR) is 75.6 cm³/mol. The van der Waals surface area contributed by atoms with E-state index in [2.05, 4.69) is 4.72 Å². The summed E-state index contributed by atoms with van der Waals surface area (Å²) in [7, 11) is -3.95. The van der Waals surface area contributed by atoms with E-state index in [4.69, 9.17) is 9.84 Å². The minimum absolute atomic E-state index is 0.178. The molecule has 5 nitrogen and oxygen atoms in total. The summed E-state index contributed by atoms with van der Waals surface area (Å²) in [5.41, 5.74) is 0.357. The van der Waals surface area contributed by atoms with E-state index in [9.17, 15) is 12.8 Å². The van der Waals surface area contributed by atoms with Gasteiger partial charge in [0.05, 0.1) is 6.61 Å². The molecule has 0 spiro atoms. The quantitative estimate of drug-likeness (QED) is 0.861. The summed E-state index contributed by atoms with van der Waals surface area (Å²) < 4.78 is 46.2. The summed E-state index contributed by atoms with van der Waals surface area (Å²) in [5.74, 6) is -0.642. The van der Waals surface area contributed by atoms with Crippen molar-refractivity contribution in [2.45, 2.75) is 37.3 Å². The van der Waals surface area contributed by atoms with E-state index in [1.807, 2.05) is 0 Å². The first-order chi connectivity index (χ1) is 9.94. The van der Waals surface area contributed by atoms with Gasteiger partial charge in [-0.1, -0.05) is 6.07 Å². The number of ether oxygens (including phenoxy) is 1. The molecule has 1 aliphatic rings. The molecule has 1 saturated heterocycles. The van der Waals surface area contributed by atoms with Gasteiger partial charge in [-0.25, -0.2) is 17.5 Å². The summed E-state index contributed by atoms with van der Waals surface area (Å²) >= 11 is 0. The molecule has 0 aliphatic carbocycles. The minimum atomic E-state index is -3.95. The first-order valence-corrected chi connectivity index (χ1v) is 8.41. The van der Waals surface area contributed by atoms with Gasteiger partial charge in [0.1, 0.15) is 10.7 Å². The van der Waals surface area contributed by atoms with Gasteiger partial charge in [-0.15, -0.1) is 0 Å². The molecule has 1 unspecified atom stereocenters. The number of aliphatic hydroxyl groups excluding tert-OH is 1. The zero-order valence-corrected chi connectivity index (χ0v) is 12.7. The first kappa shape index (κ1) is 16.4. The molecule has 1 aromatic rings. The SMILES string of the molecule is CC(NS(=O)(=O)c1cc(CO)ccc1F)C1CCOCC1. The second-order valence-electron chi connectivity index (χ2n) is 5.28. The maximum absolute atomic E-state index is 13.8. The molecule has 21 heavy (non-hydrogen) atoms. The number of aliphatic hydroxyl groups is 1. The lowest BCUT2D eigenvalue weighted by Gasteiger charge is -2.28. The molecule has 118 valence electrons. The number of rotatable bonds is 5. The Kier molecular flexibility index (Phi) is 5.32. The molecule has 1 heterocycles. The molecule has 1 aromatic carbocycles. The van der Waals surface area contributed by atoms with E-state index >= 15 is 0 Å². The minimum Gasteiger partial charge on any atom is -0.392 e. The standard InChI is InChI=1S/C14H20FNO4S/c1-10(12-4-6-20-7-5-12)16-21(18,19)14-8-11(9-17)2-3-13(14)15/h2-3,8,10,12,16-17H,4-7,9H2,1H3. The fourth-order valence-corrected chi connectivity index (χ4v) is 3.91. The molecular formula is C14H20FNO4S. The predicted octanol–water partition coefficient (Wildman–Crippen LogP) is 1.41. The van der Waals surface area contributed by atoms with Crippen molar-refractivity contribution in [3.63, 3.8) is 0 Å². The highest BCUT2D eigenvalue weighted by Crippen LogP contribution is 2.22. The lowest BCUT2D eigenvalue weighted by molar-refractivity contribution is 0.0585. The van der Waals surface area contributed by atoms with Gasteiger partial charge >= 0.3 is 0 Å². The molecular weight excluding hydrogens is 297 g/mol. The monoisotopic (exact) mass is 317 g/mol. The van der Waals surface area contributed by atoms with Crippen LogP contribution in [0.1, 0.15) is 25.3 Å². The van der Waals surface area contributed by atoms with Crippen molar-refractivity contribution in [3.05, 3.63) is 29.6 Å². The summed E-state index contributed by atoms with van der Waals surface area (Å²) in [6.45, 7) is 2.68. The molecule has 0 radical (unpaired) electrons. The van der Waals surface area contributed by atoms with Gasteiger partial charge in [0.15, 0.2) is 0 Å². The summed E-state index contributed by atoms with van der Waals surface area (Å²) in [4.78, 5) is -0.423. The van der Waals surface area contributed by atoms with E-state index < -0.39 is 20.7 Å². The van der Waals surface area contributed by atoms with Crippen LogP contribution in [0.15, 0.2) is 23.1 Å². The highest BCUT2D eigenvalue weighted by Gasteiger charge is 2.27. The lowest BCUT2D eigenvalue weighted by Crippen LogP contribution is -2.40. The molecule has 0 aromatic heterocycles. The van der Waals surface area contributed by atoms with Crippen LogP contribution in [-0.4, -0.2) is 32.8 Å². The van der Waals surface area contributed by atoms with Crippen LogP contribution in [0.25, 0.3) is 0 Å². The van der Waals surface area contributed by atoms with Crippen LogP contribution in [0.2, 0.25) is 0 Å². The molecule has 7 heteroatoms. The number of hydrogen-bond acceptors (Lipinski definition) is 4. The molecule has 0 bridgehead atoms. The summed E-state index contributed by atoms with van der Waals surface area (Å²) in [6, 6.07) is 3.28. The highest BCUT2D eigenvalue weighted by atomic mass is 32.2. The second kappa shape index (κ2) is 6.83. The smallest absolute Gasteiger partial charge is 0.243 e. The van der Waals surface area contributed by atoms with E-state index in [-0.39, 0.29) is 18.6 Å². The molecule has 1 fully saturated rings. The number of benzene rings is 1. The van der Waals surface area contributed by atoms with Crippen molar-refractivity contribution in [1.29, 1.82) is 0 Å². The molecule has 0 saturated carbocycles. The largest absolute Gasteiger partial charge is 0.392 e. The van der Waals surface area contributed by atoms with Gasteiger partial charge in [-0.05, 0) is 43.4 Å². The van der Waals surface area contributed by atoms with Crippen LogP contribution >= 0.6 is 0 Å². The normalized spacial score (nSPS) is 18.6. The summed E-state index contributed by atoms with van der Waals surface area (Å²) in [6.07, 6.45) is 1.56. The Morgan fingerprint density at radius 3 is 2.71 bits per heavy atom. The maximum atomic E-state index is 13.8. The molecule has 2 rings (SSSR count). The number of sulfonamides is 1. The highest BCUT2D eigenvalue weighted by molar-refractivity contribution is 7.89. The van der Waals surface area contributed by atoms with Gasteiger partial charge in [-0.2, -0.15) is 0 Å². The van der Waals surface area contributed by atoms with Gasteiger partial charge in [-0.3, -0.25) is 0 Å². The fraction of sp³-hybridized carbons (Fsp3) is 0.571. The van der Waals surface area contributed by atoms with Crippen LogP contribution < -0.4 is 4.72 Å². The number of halogens is 1. The average Bonchev–Trinajstić information content (AvgIpc) is 2.48.